The van der Waals surface area contributed by atoms with Crippen molar-refractivity contribution in [1.29, 1.82) is 0 Å². The molecule has 1 aromatic heterocycles. The highest BCUT2D eigenvalue weighted by Gasteiger charge is 2.18. The number of rotatable bonds is 7. The summed E-state index contributed by atoms with van der Waals surface area (Å²) in [6, 6.07) is 6.93. The van der Waals surface area contributed by atoms with Gasteiger partial charge in [0.05, 0.1) is 16.3 Å². The molecule has 27 heavy (non-hydrogen) atoms. The highest BCUT2D eigenvalue weighted by molar-refractivity contribution is 6.33. The van der Waals surface area contributed by atoms with Crippen molar-refractivity contribution in [2.45, 2.75) is 12.8 Å². The number of nitrogens with two attached hydrogens (primary N) is 1. The summed E-state index contributed by atoms with van der Waals surface area (Å²) in [5, 5.41) is 3.32. The fourth-order valence-electron chi connectivity index (χ4n) is 3.12. The monoisotopic (exact) mass is 388 g/mol. The third kappa shape index (κ3) is 5.30. The zero-order chi connectivity index (χ0) is 19.1. The second-order valence-corrected chi connectivity index (χ2v) is 6.95. The van der Waals surface area contributed by atoms with Gasteiger partial charge in [-0.15, -0.1) is 0 Å². The number of hydrogen-bond donors (Lipinski definition) is 2. The smallest absolute Gasteiger partial charge is 0.253 e. The van der Waals surface area contributed by atoms with Gasteiger partial charge in [0.2, 0.25) is 5.95 Å². The van der Waals surface area contributed by atoms with E-state index >= 15 is 0 Å². The lowest BCUT2D eigenvalue weighted by Crippen LogP contribution is -2.47. The van der Waals surface area contributed by atoms with Crippen LogP contribution >= 0.6 is 11.6 Å². The SMILES string of the molecule is Nc1c(Cl)cccc1C(=O)NCCCCN1CCN(c2ncccn2)CC1. The number of nitrogens with one attached hydrogen (secondary N) is 1. The molecule has 0 aliphatic carbocycles. The number of amides is 1. The standard InChI is InChI=1S/C19H25ClN6O/c20-16-6-3-5-15(17(16)21)18(27)22-7-1-2-10-25-11-13-26(14-12-25)19-23-8-4-9-24-19/h3-6,8-9H,1-2,7,10-14,21H2,(H,22,27). The Bertz CT molecular complexity index is 749. The summed E-state index contributed by atoms with van der Waals surface area (Å²) in [5.41, 5.74) is 6.62. The molecule has 0 unspecified atom stereocenters. The lowest BCUT2D eigenvalue weighted by Gasteiger charge is -2.34. The van der Waals surface area contributed by atoms with Gasteiger partial charge in [-0.3, -0.25) is 9.69 Å². The van der Waals surface area contributed by atoms with Crippen molar-refractivity contribution in [1.82, 2.24) is 20.2 Å². The summed E-state index contributed by atoms with van der Waals surface area (Å²) in [6.07, 6.45) is 5.52. The number of nitrogen functional groups attached to an aromatic ring is 1. The van der Waals surface area contributed by atoms with Gasteiger partial charge in [-0.1, -0.05) is 17.7 Å². The summed E-state index contributed by atoms with van der Waals surface area (Å²) in [6.45, 7) is 5.54. The Hall–Kier alpha value is -2.38. The normalized spacial score (nSPS) is 14.9. The molecule has 0 saturated carbocycles. The van der Waals surface area contributed by atoms with Crippen LogP contribution in [0, 0.1) is 0 Å². The molecule has 2 heterocycles. The molecule has 1 saturated heterocycles. The first kappa shape index (κ1) is 19.4. The van der Waals surface area contributed by atoms with Gasteiger partial charge in [0, 0.05) is 45.1 Å². The van der Waals surface area contributed by atoms with Crippen LogP contribution < -0.4 is 16.0 Å². The number of anilines is 2. The first-order valence-electron chi connectivity index (χ1n) is 9.21. The van der Waals surface area contributed by atoms with E-state index in [2.05, 4.69) is 25.1 Å². The summed E-state index contributed by atoms with van der Waals surface area (Å²) in [7, 11) is 0. The van der Waals surface area contributed by atoms with Crippen LogP contribution in [0.15, 0.2) is 36.7 Å². The van der Waals surface area contributed by atoms with Gasteiger partial charge in [-0.25, -0.2) is 9.97 Å². The molecule has 0 radical (unpaired) electrons. The van der Waals surface area contributed by atoms with Gasteiger partial charge in [0.25, 0.3) is 5.91 Å². The fourth-order valence-corrected chi connectivity index (χ4v) is 3.29. The van der Waals surface area contributed by atoms with Crippen molar-refractivity contribution < 1.29 is 4.79 Å². The third-order valence-electron chi connectivity index (χ3n) is 4.69. The van der Waals surface area contributed by atoms with Gasteiger partial charge < -0.3 is 16.0 Å². The Balaban J connectivity index is 1.32. The summed E-state index contributed by atoms with van der Waals surface area (Å²) in [4.78, 5) is 25.4. The van der Waals surface area contributed by atoms with Crippen LogP contribution in [-0.4, -0.2) is 60.0 Å². The maximum Gasteiger partial charge on any atom is 0.253 e. The highest BCUT2D eigenvalue weighted by Crippen LogP contribution is 2.22. The lowest BCUT2D eigenvalue weighted by molar-refractivity contribution is 0.0953. The molecule has 3 N–H and O–H groups in total. The van der Waals surface area contributed by atoms with E-state index in [1.807, 2.05) is 6.07 Å². The van der Waals surface area contributed by atoms with Crippen molar-refractivity contribution >= 4 is 29.1 Å². The second kappa shape index (κ2) is 9.53. The molecule has 1 aromatic carbocycles. The number of nitrogens with zero attached hydrogens (tertiary/aromatic N) is 4. The Morgan fingerprint density at radius 2 is 1.85 bits per heavy atom. The highest BCUT2D eigenvalue weighted by atomic mass is 35.5. The van der Waals surface area contributed by atoms with Crippen molar-refractivity contribution in [3.05, 3.63) is 47.2 Å². The number of unbranched alkanes of at least 4 members (excludes halogenated alkanes) is 1. The second-order valence-electron chi connectivity index (χ2n) is 6.54. The molecule has 2 aromatic rings. The third-order valence-corrected chi connectivity index (χ3v) is 5.02. The number of hydrogen-bond acceptors (Lipinski definition) is 6. The van der Waals surface area contributed by atoms with Crippen molar-refractivity contribution in [3.8, 4) is 0 Å². The molecule has 1 fully saturated rings. The Kier molecular flexibility index (Phi) is 6.84. The summed E-state index contributed by atoms with van der Waals surface area (Å²) in [5.74, 6) is 0.631. The molecule has 3 rings (SSSR count). The van der Waals surface area contributed by atoms with Crippen molar-refractivity contribution in [2.24, 2.45) is 0 Å². The molecular weight excluding hydrogens is 364 g/mol. The lowest BCUT2D eigenvalue weighted by atomic mass is 10.1. The van der Waals surface area contributed by atoms with E-state index in [1.54, 1.807) is 30.6 Å². The molecule has 0 bridgehead atoms. The minimum atomic E-state index is -0.175. The number of halogens is 1. The van der Waals surface area contributed by atoms with Crippen molar-refractivity contribution in [2.75, 3.05) is 49.9 Å². The van der Waals surface area contributed by atoms with Crippen molar-refractivity contribution in [3.63, 3.8) is 0 Å². The maximum absolute atomic E-state index is 12.2. The van der Waals surface area contributed by atoms with Crippen LogP contribution in [0.1, 0.15) is 23.2 Å². The largest absolute Gasteiger partial charge is 0.397 e. The van der Waals surface area contributed by atoms with Crippen LogP contribution in [0.5, 0.6) is 0 Å². The van der Waals surface area contributed by atoms with E-state index < -0.39 is 0 Å². The van der Waals surface area contributed by atoms with E-state index in [0.717, 1.165) is 51.5 Å². The number of para-hydroxylation sites is 1. The van der Waals surface area contributed by atoms with Gasteiger partial charge in [0.15, 0.2) is 0 Å². The van der Waals surface area contributed by atoms with Crippen LogP contribution in [0.2, 0.25) is 5.02 Å². The summed E-state index contributed by atoms with van der Waals surface area (Å²) >= 11 is 5.96. The Morgan fingerprint density at radius 1 is 1.11 bits per heavy atom. The molecule has 1 aliphatic rings. The quantitative estimate of drug-likeness (QED) is 0.557. The number of benzene rings is 1. The molecule has 7 nitrogen and oxygen atoms in total. The molecule has 1 aliphatic heterocycles. The predicted octanol–water partition coefficient (Wildman–Crippen LogP) is 2.04. The zero-order valence-electron chi connectivity index (χ0n) is 15.3. The van der Waals surface area contributed by atoms with Gasteiger partial charge >= 0.3 is 0 Å². The minimum Gasteiger partial charge on any atom is -0.397 e. The molecule has 8 heteroatoms. The van der Waals surface area contributed by atoms with Crippen LogP contribution in [0.25, 0.3) is 0 Å². The zero-order valence-corrected chi connectivity index (χ0v) is 16.0. The number of carbonyl (C=O) groups is 1. The number of aromatic nitrogens is 2. The fraction of sp³-hybridized carbons (Fsp3) is 0.421. The average molecular weight is 389 g/mol. The average Bonchev–Trinajstić information content (AvgIpc) is 2.71. The van der Waals surface area contributed by atoms with E-state index in [9.17, 15) is 4.79 Å². The Morgan fingerprint density at radius 3 is 2.59 bits per heavy atom. The summed E-state index contributed by atoms with van der Waals surface area (Å²) < 4.78 is 0. The van der Waals surface area contributed by atoms with Crippen LogP contribution in [0.3, 0.4) is 0 Å². The van der Waals surface area contributed by atoms with Gasteiger partial charge in [-0.2, -0.15) is 0 Å². The van der Waals surface area contributed by atoms with Gasteiger partial charge in [-0.05, 0) is 37.6 Å². The Labute approximate surface area is 164 Å². The van der Waals surface area contributed by atoms with Crippen LogP contribution in [-0.2, 0) is 0 Å². The van der Waals surface area contributed by atoms with E-state index in [1.165, 1.54) is 0 Å². The first-order valence-corrected chi connectivity index (χ1v) is 9.59. The first-order chi connectivity index (χ1) is 13.1. The van der Waals surface area contributed by atoms with Gasteiger partial charge in [0.1, 0.15) is 0 Å². The maximum atomic E-state index is 12.2. The van der Waals surface area contributed by atoms with E-state index in [0.29, 0.717) is 22.8 Å². The number of carbonyl (C=O) groups excluding carboxylic acids is 1. The molecular formula is C19H25ClN6O. The molecule has 1 amide bonds. The van der Waals surface area contributed by atoms with E-state index in [-0.39, 0.29) is 5.91 Å². The van der Waals surface area contributed by atoms with Crippen LogP contribution in [0.4, 0.5) is 11.6 Å². The predicted molar refractivity (Wildman–Crippen MR) is 108 cm³/mol. The molecule has 0 spiro atoms. The van der Waals surface area contributed by atoms with E-state index in [4.69, 9.17) is 17.3 Å². The molecule has 0 atom stereocenters. The minimum absolute atomic E-state index is 0.175. The number of piperazine rings is 1. The topological polar surface area (TPSA) is 87.4 Å². The molecule has 144 valence electrons.